The van der Waals surface area contributed by atoms with Gasteiger partial charge in [-0.05, 0) is 134 Å². The predicted octanol–water partition coefficient (Wildman–Crippen LogP) is 11.4. The van der Waals surface area contributed by atoms with Crippen LogP contribution in [0.15, 0.2) is 66.2 Å². The van der Waals surface area contributed by atoms with E-state index in [4.69, 9.17) is 19.9 Å². The molecule has 0 radical (unpaired) electrons. The van der Waals surface area contributed by atoms with Gasteiger partial charge in [0.1, 0.15) is 18.5 Å². The highest BCUT2D eigenvalue weighted by Gasteiger charge is 2.45. The van der Waals surface area contributed by atoms with E-state index in [-0.39, 0.29) is 144 Å². The molecule has 1 saturated heterocycles. The lowest BCUT2D eigenvalue weighted by molar-refractivity contribution is -0.149. The second-order valence-corrected chi connectivity index (χ2v) is 34.5. The Morgan fingerprint density at radius 1 is 0.723 bits per heavy atom. The first-order valence-electron chi connectivity index (χ1n) is 39.7. The summed E-state index contributed by atoms with van der Waals surface area (Å²) in [5.74, 6) is -7.61. The van der Waals surface area contributed by atoms with Crippen molar-refractivity contribution in [3.63, 3.8) is 0 Å². The molecule has 0 saturated carbocycles. The number of nitrogens with two attached hydrogens (primary N) is 1. The summed E-state index contributed by atoms with van der Waals surface area (Å²) >= 11 is 1.53. The molecule has 112 heavy (non-hydrogen) atoms. The van der Waals surface area contributed by atoms with Gasteiger partial charge in [0.05, 0.1) is 53.3 Å². The fraction of sp³-hybridized carbons (Fsp3) is 0.682. The van der Waals surface area contributed by atoms with E-state index < -0.39 is 118 Å². The smallest absolute Gasteiger partial charge is 0.408 e. The number of carbonyl (C=O) groups excluding carboxylic acids is 12. The van der Waals surface area contributed by atoms with Crippen molar-refractivity contribution in [2.75, 3.05) is 46.2 Å². The van der Waals surface area contributed by atoms with Crippen molar-refractivity contribution in [3.05, 3.63) is 82.3 Å². The van der Waals surface area contributed by atoms with E-state index in [0.717, 1.165) is 17.0 Å². The van der Waals surface area contributed by atoms with Gasteiger partial charge >= 0.3 is 12.1 Å². The summed E-state index contributed by atoms with van der Waals surface area (Å²) in [6, 6.07) is 13.1. The largest absolute Gasteiger partial charge is 0.445 e. The summed E-state index contributed by atoms with van der Waals surface area (Å²) in [5.41, 5.74) is 4.81. The minimum atomic E-state index is -1.50. The molecule has 26 nitrogen and oxygen atoms in total. The Balaban J connectivity index is 0.0000325. The Hall–Kier alpha value is -7.85. The number of thiazole rings is 1. The number of aliphatic hydroxyl groups excluding tert-OH is 1. The molecule has 2 aromatic carbocycles. The van der Waals surface area contributed by atoms with Gasteiger partial charge in [0.25, 0.3) is 0 Å². The Kier molecular flexibility index (Phi) is 41.4. The van der Waals surface area contributed by atoms with Gasteiger partial charge in [0, 0.05) is 131 Å². The minimum Gasteiger partial charge on any atom is -0.445 e. The number of hydrogen-bond donors (Lipinski definition) is 8. The minimum absolute atomic E-state index is 0. The van der Waals surface area contributed by atoms with Gasteiger partial charge in [-0.15, -0.1) is 11.3 Å². The van der Waals surface area contributed by atoms with Crippen LogP contribution in [0.3, 0.4) is 0 Å². The number of nitrogens with zero attached hydrogens (tertiary/aromatic N) is 3. The molecule has 8 amide bonds. The van der Waals surface area contributed by atoms with Crippen molar-refractivity contribution < 1.29 is 76.9 Å². The highest BCUT2D eigenvalue weighted by atomic mass is 32.1. The lowest BCUT2D eigenvalue weighted by atomic mass is 9.83. The van der Waals surface area contributed by atoms with Crippen LogP contribution < -0.4 is 37.6 Å². The number of rotatable bonds is 49. The number of likely N-dealkylation sites (N-methyl/N-ethyl adjacent to an activating group) is 1. The molecule has 1 aliphatic heterocycles. The first-order valence-corrected chi connectivity index (χ1v) is 40.5. The molecule has 9 N–H and O–H groups in total. The topological polar surface area (TPSA) is 370 Å². The van der Waals surface area contributed by atoms with E-state index >= 15 is 0 Å². The molecule has 1 aromatic heterocycles. The number of aliphatic hydroxyl groups is 1. The molecular formula is C85H136N10O16S. The van der Waals surface area contributed by atoms with Gasteiger partial charge in [-0.2, -0.15) is 0 Å². The molecule has 0 spiro atoms. The Bertz CT molecular complexity index is 3500. The standard InChI is InChI=1S/C84H132N10O16S.CH4/c1-20-53(6)73(68(108-18)49-71(101)94-42-27-32-64(94)74(109-19)54(7)65(96)47-60(78-87-41-43-111-78)44-56-28-22-21-23-29-56)93(17)79(105)62(51(2)3)48-69(99)84(15,16)92-81(107)110-50-57-33-35-61(36-34-57)89-76(103)59(31-26-40-88-80(85)106)46-67(98)72(52(4)5)90-77(104)58(45-66(97)55(8)95)30-24-25-39-86-70(100)38-37-63(91-83(12,13)14)75(102)82(9,10)11;/h21-23,28-29,33-36,41,43,51-55,58-60,62-64,68,72-74,91,95H,20,24-27,30-32,37-40,42,44-50H2,1-19H3,(H,86,100)(H,89,103)(H,90,104)(H,92,107)(H3,85,88,106);1H4/t53-,54-,55+,58+,59+,60+,62-,63+,64-,68+,72-,73-,74+;/m0./s1. The maximum absolute atomic E-state index is 14.9. The van der Waals surface area contributed by atoms with Gasteiger partial charge in [-0.3, -0.25) is 47.9 Å². The van der Waals surface area contributed by atoms with Crippen molar-refractivity contribution >= 4 is 87.6 Å². The number of hydrogen-bond acceptors (Lipinski definition) is 19. The van der Waals surface area contributed by atoms with Crippen molar-refractivity contribution in [2.45, 2.75) is 287 Å². The van der Waals surface area contributed by atoms with Gasteiger partial charge in [-0.1, -0.05) is 132 Å². The second kappa shape index (κ2) is 47.1. The van der Waals surface area contributed by atoms with Crippen LogP contribution in [0.25, 0.3) is 0 Å². The van der Waals surface area contributed by atoms with Crippen molar-refractivity contribution in [1.29, 1.82) is 0 Å². The van der Waals surface area contributed by atoms with E-state index in [0.29, 0.717) is 56.3 Å². The summed E-state index contributed by atoms with van der Waals surface area (Å²) in [6.45, 7) is 29.4. The third-order valence-electron chi connectivity index (χ3n) is 21.2. The van der Waals surface area contributed by atoms with E-state index in [1.54, 1.807) is 63.4 Å². The molecule has 0 bridgehead atoms. The maximum Gasteiger partial charge on any atom is 0.408 e. The molecular weight excluding hydrogens is 1450 g/mol. The van der Waals surface area contributed by atoms with Crippen molar-refractivity contribution in [2.24, 2.45) is 52.6 Å². The van der Waals surface area contributed by atoms with Crippen LogP contribution >= 0.6 is 11.3 Å². The number of ketones is 5. The van der Waals surface area contributed by atoms with E-state index in [1.807, 2.05) is 117 Å². The zero-order chi connectivity index (χ0) is 83.3. The fourth-order valence-corrected chi connectivity index (χ4v) is 15.2. The summed E-state index contributed by atoms with van der Waals surface area (Å²) in [5, 5.41) is 30.0. The number of benzene rings is 2. The van der Waals surface area contributed by atoms with E-state index in [1.165, 1.54) is 39.2 Å². The SMILES string of the molecule is C.CC[C@H](C)[C@@H]([C@@H](CC(=O)N1CCC[C@H]1[C@H](OC)[C@@H](C)C(=O)C[C@@H](Cc1ccccc1)c1nccs1)OC)N(C)C(=O)[C@@H](CC(=O)C(C)(C)NC(=O)OCc1ccc(NC(=O)[C@H](CCCNC(N)=O)CC(=O)[C@@H](NC(=O)[C@H](CCCCNC(=O)CC[C@@H](NC(C)(C)C)C(=O)C(C)(C)C)CC(=O)[C@@H](C)O)C(C)C)cc1)C(C)C. The fourth-order valence-electron chi connectivity index (χ4n) is 14.4. The number of primary amides is 1. The number of aromatic nitrogens is 1. The molecule has 0 unspecified atom stereocenters. The van der Waals surface area contributed by atoms with Crippen molar-refractivity contribution in [3.8, 4) is 0 Å². The Morgan fingerprint density at radius 3 is 1.91 bits per heavy atom. The van der Waals surface area contributed by atoms with Crippen LogP contribution in [-0.2, 0) is 75.2 Å². The molecule has 3 aromatic rings. The first-order chi connectivity index (χ1) is 52.0. The summed E-state index contributed by atoms with van der Waals surface area (Å²) in [7, 11) is 4.79. The monoisotopic (exact) mass is 1580 g/mol. The number of alkyl carbamates (subject to hydrolysis) is 1. The molecule has 628 valence electrons. The van der Waals surface area contributed by atoms with Gasteiger partial charge in [-0.25, -0.2) is 14.6 Å². The number of ether oxygens (including phenoxy) is 3. The van der Waals surface area contributed by atoms with Crippen LogP contribution in [0.5, 0.6) is 0 Å². The average Bonchev–Trinajstić information content (AvgIpc) is 1.77. The highest BCUT2D eigenvalue weighted by molar-refractivity contribution is 7.09. The van der Waals surface area contributed by atoms with Crippen molar-refractivity contribution in [1.82, 2.24) is 41.4 Å². The summed E-state index contributed by atoms with van der Waals surface area (Å²) in [4.78, 5) is 173. The molecule has 1 fully saturated rings. The maximum atomic E-state index is 14.9. The van der Waals surface area contributed by atoms with Gasteiger partial charge in [0.2, 0.25) is 29.5 Å². The third-order valence-corrected chi connectivity index (χ3v) is 22.2. The molecule has 2 heterocycles. The van der Waals surface area contributed by atoms with Crippen LogP contribution in [0.2, 0.25) is 0 Å². The number of amides is 8. The number of urea groups is 1. The second-order valence-electron chi connectivity index (χ2n) is 33.5. The number of unbranched alkanes of at least 4 members (excludes halogenated alkanes) is 1. The van der Waals surface area contributed by atoms with Crippen LogP contribution in [0.1, 0.15) is 237 Å². The highest BCUT2D eigenvalue weighted by Crippen LogP contribution is 2.35. The lowest BCUT2D eigenvalue weighted by Crippen LogP contribution is -2.55. The quantitative estimate of drug-likeness (QED) is 0.0243. The number of carbonyl (C=O) groups is 12. The lowest BCUT2D eigenvalue weighted by Gasteiger charge is -2.41. The number of likely N-dealkylation sites (tertiary alicyclic amines) is 1. The van der Waals surface area contributed by atoms with E-state index in [9.17, 15) is 62.6 Å². The molecule has 27 heteroatoms. The summed E-state index contributed by atoms with van der Waals surface area (Å²) < 4.78 is 17.9. The van der Waals surface area contributed by atoms with Crippen LogP contribution in [0, 0.1) is 46.8 Å². The van der Waals surface area contributed by atoms with Crippen LogP contribution in [0.4, 0.5) is 15.3 Å². The molecule has 13 atom stereocenters. The normalized spacial score (nSPS) is 16.5. The van der Waals surface area contributed by atoms with Gasteiger partial charge in [0.15, 0.2) is 23.1 Å². The number of anilines is 1. The predicted molar refractivity (Wildman–Crippen MR) is 437 cm³/mol. The molecule has 1 aliphatic rings. The van der Waals surface area contributed by atoms with Crippen LogP contribution in [-0.4, -0.2) is 185 Å². The first kappa shape index (κ1) is 98.3. The number of nitrogens with one attached hydrogen (secondary N) is 6. The average molecular weight is 1590 g/mol. The summed E-state index contributed by atoms with van der Waals surface area (Å²) in [6.07, 6.45) is 2.04. The number of Topliss-reactive ketones (excluding diaryl/α,β-unsaturated/α-hetero) is 5. The zero-order valence-corrected chi connectivity index (χ0v) is 70.4. The zero-order valence-electron chi connectivity index (χ0n) is 69.6. The number of methoxy groups -OCH3 is 2. The third kappa shape index (κ3) is 32.2. The molecule has 0 aliphatic carbocycles. The van der Waals surface area contributed by atoms with Gasteiger partial charge < -0.3 is 66.8 Å². The van der Waals surface area contributed by atoms with E-state index in [2.05, 4.69) is 36.9 Å². The Morgan fingerprint density at radius 2 is 1.35 bits per heavy atom. The Labute approximate surface area is 670 Å². The molecule has 4 rings (SSSR count).